The number of hydrogen-bond acceptors (Lipinski definition) is 5. The molecule has 1 heterocycles. The van der Waals surface area contributed by atoms with Gasteiger partial charge in [-0.05, 0) is 25.0 Å². The number of nitrogens with two attached hydrogens (primary N) is 1. The first kappa shape index (κ1) is 22.0. The number of nitrogens with zero attached hydrogens (tertiary/aromatic N) is 1. The first-order valence-electron chi connectivity index (χ1n) is 7.03. The normalized spacial score (nSPS) is 18.3. The van der Waals surface area contributed by atoms with Crippen molar-refractivity contribution in [2.45, 2.75) is 30.0 Å². The molecule has 0 radical (unpaired) electrons. The van der Waals surface area contributed by atoms with Crippen LogP contribution in [-0.4, -0.2) is 47.8 Å². The summed E-state index contributed by atoms with van der Waals surface area (Å²) < 4.78 is 87.5. The second kappa shape index (κ2) is 9.05. The molecule has 1 aliphatic heterocycles. The lowest BCUT2D eigenvalue weighted by atomic mass is 10.1. The fourth-order valence-electron chi connectivity index (χ4n) is 2.37. The van der Waals surface area contributed by atoms with Gasteiger partial charge in [0.15, 0.2) is 0 Å². The summed E-state index contributed by atoms with van der Waals surface area (Å²) in [6.45, 7) is 0.320. The summed E-state index contributed by atoms with van der Waals surface area (Å²) in [4.78, 5) is -0.687. The van der Waals surface area contributed by atoms with Gasteiger partial charge in [0.25, 0.3) is 0 Å². The third-order valence-electron chi connectivity index (χ3n) is 3.54. The standard InChI is InChI=1S/C13H16F3NO3S.H3NO2S/c1-20-10-6-8-17(9-7-10)21(18,19)12-5-3-2-4-11(12)13(14,15)16;1-4(2)3/h2-5,10H,6-9H2,1H3;1H2,(H,2,3)/p-1. The summed E-state index contributed by atoms with van der Waals surface area (Å²) in [6, 6.07) is 4.26. The second-order valence-corrected chi connectivity index (χ2v) is 7.52. The SMILES string of the molecule is COC1CCN(S(=O)(=O)c2ccccc2C(F)(F)F)CC1.NS(=O)[O-]. The van der Waals surface area contributed by atoms with Crippen molar-refractivity contribution in [2.75, 3.05) is 20.2 Å². The predicted molar refractivity (Wildman–Crippen MR) is 83.3 cm³/mol. The van der Waals surface area contributed by atoms with E-state index in [4.69, 9.17) is 13.5 Å². The van der Waals surface area contributed by atoms with Crippen LogP contribution < -0.4 is 5.14 Å². The van der Waals surface area contributed by atoms with Crippen LogP contribution in [-0.2, 0) is 32.2 Å². The first-order valence-corrected chi connectivity index (χ1v) is 9.60. The number of sulfonamides is 1. The molecule has 0 spiro atoms. The Kier molecular flexibility index (Phi) is 7.96. The van der Waals surface area contributed by atoms with Crippen molar-refractivity contribution in [3.8, 4) is 0 Å². The van der Waals surface area contributed by atoms with Gasteiger partial charge in [0.2, 0.25) is 10.0 Å². The van der Waals surface area contributed by atoms with Gasteiger partial charge in [-0.1, -0.05) is 12.1 Å². The molecule has 0 aliphatic carbocycles. The number of benzene rings is 1. The van der Waals surface area contributed by atoms with Crippen molar-refractivity contribution in [2.24, 2.45) is 5.14 Å². The fourth-order valence-corrected chi connectivity index (χ4v) is 4.05. The van der Waals surface area contributed by atoms with E-state index in [0.717, 1.165) is 16.4 Å². The van der Waals surface area contributed by atoms with Crippen molar-refractivity contribution >= 4 is 21.3 Å². The molecule has 1 aliphatic rings. The van der Waals surface area contributed by atoms with E-state index in [0.29, 0.717) is 12.8 Å². The molecule has 1 unspecified atom stereocenters. The molecule has 0 aromatic heterocycles. The van der Waals surface area contributed by atoms with Gasteiger partial charge in [0, 0.05) is 31.5 Å². The van der Waals surface area contributed by atoms with Crippen LogP contribution >= 0.6 is 0 Å². The van der Waals surface area contributed by atoms with Crippen LogP contribution in [0.4, 0.5) is 13.2 Å². The Balaban J connectivity index is 0.000000705. The first-order chi connectivity index (χ1) is 11.5. The second-order valence-electron chi connectivity index (χ2n) is 5.09. The van der Waals surface area contributed by atoms with E-state index in [1.807, 2.05) is 0 Å². The number of rotatable bonds is 3. The minimum atomic E-state index is -4.70. The van der Waals surface area contributed by atoms with E-state index in [9.17, 15) is 21.6 Å². The maximum Gasteiger partial charge on any atom is 0.417 e. The lowest BCUT2D eigenvalue weighted by Gasteiger charge is -2.31. The number of hydrogen-bond donors (Lipinski definition) is 1. The van der Waals surface area contributed by atoms with Crippen molar-refractivity contribution in [3.05, 3.63) is 29.8 Å². The number of ether oxygens (including phenoxy) is 1. The van der Waals surface area contributed by atoms with Crippen LogP contribution in [0.25, 0.3) is 0 Å². The molecule has 2 N–H and O–H groups in total. The van der Waals surface area contributed by atoms with Crippen LogP contribution in [0.3, 0.4) is 0 Å². The Bertz CT molecular complexity index is 685. The molecular formula is C13H18F3N2O5S2-. The molecule has 25 heavy (non-hydrogen) atoms. The maximum absolute atomic E-state index is 13.0. The lowest BCUT2D eigenvalue weighted by Crippen LogP contribution is -2.41. The third kappa shape index (κ3) is 6.31. The van der Waals surface area contributed by atoms with Gasteiger partial charge in [-0.25, -0.2) is 8.42 Å². The van der Waals surface area contributed by atoms with E-state index in [1.165, 1.54) is 19.2 Å². The Morgan fingerprint density at radius 2 is 1.76 bits per heavy atom. The number of methoxy groups -OCH3 is 1. The molecule has 0 bridgehead atoms. The molecular weight excluding hydrogens is 385 g/mol. The van der Waals surface area contributed by atoms with E-state index in [-0.39, 0.29) is 19.2 Å². The molecule has 1 saturated heterocycles. The average molecular weight is 403 g/mol. The van der Waals surface area contributed by atoms with Crippen molar-refractivity contribution < 1.29 is 35.1 Å². The molecule has 2 rings (SSSR count). The van der Waals surface area contributed by atoms with Crippen molar-refractivity contribution in [3.63, 3.8) is 0 Å². The molecule has 1 fully saturated rings. The topological polar surface area (TPSA) is 113 Å². The zero-order valence-electron chi connectivity index (χ0n) is 13.2. The van der Waals surface area contributed by atoms with Gasteiger partial charge in [-0.2, -0.15) is 17.5 Å². The summed E-state index contributed by atoms with van der Waals surface area (Å²) in [6.07, 6.45) is -3.79. The van der Waals surface area contributed by atoms with Crippen LogP contribution in [0.2, 0.25) is 0 Å². The zero-order chi connectivity index (χ0) is 19.3. The lowest BCUT2D eigenvalue weighted by molar-refractivity contribution is -0.139. The Hall–Kier alpha value is -1.05. The van der Waals surface area contributed by atoms with Gasteiger partial charge in [0.1, 0.15) is 0 Å². The molecule has 7 nitrogen and oxygen atoms in total. The highest BCUT2D eigenvalue weighted by atomic mass is 32.2. The van der Waals surface area contributed by atoms with Crippen LogP contribution in [0, 0.1) is 0 Å². The quantitative estimate of drug-likeness (QED) is 0.763. The molecule has 0 amide bonds. The van der Waals surface area contributed by atoms with Crippen molar-refractivity contribution in [1.29, 1.82) is 0 Å². The average Bonchev–Trinajstić information content (AvgIpc) is 2.53. The van der Waals surface area contributed by atoms with Crippen molar-refractivity contribution in [1.82, 2.24) is 4.31 Å². The Morgan fingerprint density at radius 1 is 1.28 bits per heavy atom. The Labute approximate surface area is 146 Å². The molecule has 1 aromatic carbocycles. The summed E-state index contributed by atoms with van der Waals surface area (Å²) in [5, 5.41) is 4.03. The molecule has 1 aromatic rings. The van der Waals surface area contributed by atoms with Gasteiger partial charge in [-0.15, -0.1) is 0 Å². The Morgan fingerprint density at radius 3 is 2.20 bits per heavy atom. The van der Waals surface area contributed by atoms with E-state index in [2.05, 4.69) is 5.14 Å². The highest BCUT2D eigenvalue weighted by Gasteiger charge is 2.39. The van der Waals surface area contributed by atoms with Gasteiger partial charge in [0.05, 0.1) is 16.6 Å². The smallest absolute Gasteiger partial charge is 0.417 e. The monoisotopic (exact) mass is 403 g/mol. The van der Waals surface area contributed by atoms with E-state index in [1.54, 1.807) is 0 Å². The van der Waals surface area contributed by atoms with Gasteiger partial charge in [-0.3, -0.25) is 9.35 Å². The minimum Gasteiger partial charge on any atom is -0.760 e. The molecule has 144 valence electrons. The van der Waals surface area contributed by atoms with Crippen LogP contribution in [0.15, 0.2) is 29.2 Å². The van der Waals surface area contributed by atoms with Gasteiger partial charge >= 0.3 is 6.18 Å². The maximum atomic E-state index is 13.0. The largest absolute Gasteiger partial charge is 0.760 e. The predicted octanol–water partition coefficient (Wildman–Crippen LogP) is 1.24. The van der Waals surface area contributed by atoms with E-state index < -0.39 is 37.9 Å². The van der Waals surface area contributed by atoms with Gasteiger partial charge < -0.3 is 9.29 Å². The summed E-state index contributed by atoms with van der Waals surface area (Å²) in [5.41, 5.74) is -1.13. The summed E-state index contributed by atoms with van der Waals surface area (Å²) in [5.74, 6) is 0. The minimum absolute atomic E-state index is 0.0469. The number of piperidine rings is 1. The third-order valence-corrected chi connectivity index (χ3v) is 5.50. The fraction of sp³-hybridized carbons (Fsp3) is 0.538. The number of alkyl halides is 3. The zero-order valence-corrected chi connectivity index (χ0v) is 14.9. The molecule has 0 saturated carbocycles. The van der Waals surface area contributed by atoms with E-state index >= 15 is 0 Å². The molecule has 12 heteroatoms. The van der Waals surface area contributed by atoms with Crippen LogP contribution in [0.5, 0.6) is 0 Å². The number of halogens is 3. The molecule has 1 atom stereocenters. The summed E-state index contributed by atoms with van der Waals surface area (Å²) in [7, 11) is -2.61. The highest BCUT2D eigenvalue weighted by Crippen LogP contribution is 2.35. The highest BCUT2D eigenvalue weighted by molar-refractivity contribution is 7.89. The summed E-state index contributed by atoms with van der Waals surface area (Å²) >= 11 is -2.36. The van der Waals surface area contributed by atoms with Crippen LogP contribution in [0.1, 0.15) is 18.4 Å².